The molecule has 0 aromatic heterocycles. The van der Waals surface area contributed by atoms with Crippen LogP contribution in [0.4, 0.5) is 0 Å². The summed E-state index contributed by atoms with van der Waals surface area (Å²) in [5, 5.41) is 0. The van der Waals surface area contributed by atoms with Crippen molar-refractivity contribution < 1.29 is 28.7 Å². The van der Waals surface area contributed by atoms with E-state index in [0.717, 1.165) is 0 Å². The maximum Gasteiger partial charge on any atom is 0.316 e. The zero-order chi connectivity index (χ0) is 13.4. The minimum absolute atomic E-state index is 0.0275. The fourth-order valence-electron chi connectivity index (χ4n) is 3.09. The summed E-state index contributed by atoms with van der Waals surface area (Å²) in [5.41, 5.74) is 0. The molecule has 0 heterocycles. The molecule has 0 bridgehead atoms. The number of rotatable bonds is 2. The summed E-state index contributed by atoms with van der Waals surface area (Å²) in [6.07, 6.45) is 0.313. The van der Waals surface area contributed by atoms with Crippen LogP contribution in [0.3, 0.4) is 0 Å². The first kappa shape index (κ1) is 12.7. The molecule has 0 spiro atoms. The Morgan fingerprint density at radius 2 is 1.33 bits per heavy atom. The van der Waals surface area contributed by atoms with Crippen LogP contribution in [0.1, 0.15) is 12.8 Å². The van der Waals surface area contributed by atoms with Crippen LogP contribution in [-0.4, -0.2) is 37.7 Å². The highest BCUT2D eigenvalue weighted by molar-refractivity contribution is 6.12. The Hall–Kier alpha value is -1.72. The van der Waals surface area contributed by atoms with Crippen molar-refractivity contribution in [3.63, 3.8) is 0 Å². The van der Waals surface area contributed by atoms with Crippen molar-refractivity contribution in [3.8, 4) is 0 Å². The molecule has 0 aromatic carbocycles. The molecule has 2 rings (SSSR count). The van der Waals surface area contributed by atoms with Gasteiger partial charge in [-0.1, -0.05) is 0 Å². The van der Waals surface area contributed by atoms with E-state index in [-0.39, 0.29) is 18.6 Å². The summed E-state index contributed by atoms with van der Waals surface area (Å²) < 4.78 is 9.17. The lowest BCUT2D eigenvalue weighted by atomic mass is 9.90. The second kappa shape index (κ2) is 4.51. The second-order valence-corrected chi connectivity index (χ2v) is 4.68. The molecule has 4 unspecified atom stereocenters. The van der Waals surface area contributed by atoms with Gasteiger partial charge in [-0.3, -0.25) is 19.2 Å². The van der Waals surface area contributed by atoms with Crippen LogP contribution in [0.25, 0.3) is 0 Å². The van der Waals surface area contributed by atoms with Crippen molar-refractivity contribution in [2.45, 2.75) is 12.8 Å². The molecule has 0 radical (unpaired) electrons. The predicted molar refractivity (Wildman–Crippen MR) is 57.2 cm³/mol. The summed E-state index contributed by atoms with van der Waals surface area (Å²) in [4.78, 5) is 46.8. The fourth-order valence-corrected chi connectivity index (χ4v) is 3.09. The summed E-state index contributed by atoms with van der Waals surface area (Å²) in [7, 11) is 2.37. The summed E-state index contributed by atoms with van der Waals surface area (Å²) in [6.45, 7) is 0. The molecular formula is C12H14O6. The van der Waals surface area contributed by atoms with Crippen LogP contribution in [0.5, 0.6) is 0 Å². The van der Waals surface area contributed by atoms with E-state index in [2.05, 4.69) is 9.47 Å². The van der Waals surface area contributed by atoms with Gasteiger partial charge in [0.1, 0.15) is 17.6 Å². The molecule has 4 atom stereocenters. The van der Waals surface area contributed by atoms with Gasteiger partial charge in [0.2, 0.25) is 0 Å². The molecule has 0 N–H and O–H groups in total. The smallest absolute Gasteiger partial charge is 0.316 e. The number of fused-ring (bicyclic) bond motifs is 1. The van der Waals surface area contributed by atoms with Crippen LogP contribution >= 0.6 is 0 Å². The highest BCUT2D eigenvalue weighted by atomic mass is 16.5. The topological polar surface area (TPSA) is 86.7 Å². The third-order valence-electron chi connectivity index (χ3n) is 3.86. The van der Waals surface area contributed by atoms with Gasteiger partial charge in [0.05, 0.1) is 14.2 Å². The van der Waals surface area contributed by atoms with E-state index >= 15 is 0 Å². The number of Topliss-reactive ketones (excluding diaryl/α,β-unsaturated/α-hetero) is 2. The Kier molecular flexibility index (Phi) is 3.19. The normalized spacial score (nSPS) is 34.3. The first-order valence-corrected chi connectivity index (χ1v) is 5.72. The first-order valence-electron chi connectivity index (χ1n) is 5.72. The van der Waals surface area contributed by atoms with Gasteiger partial charge in [0, 0.05) is 12.8 Å². The van der Waals surface area contributed by atoms with E-state index in [1.54, 1.807) is 0 Å². The number of hydrogen-bond acceptors (Lipinski definition) is 6. The number of carbonyl (C=O) groups excluding carboxylic acids is 4. The Bertz CT molecular complexity index is 390. The van der Waals surface area contributed by atoms with E-state index in [0.29, 0.717) is 0 Å². The summed E-state index contributed by atoms with van der Waals surface area (Å²) in [6, 6.07) is 0. The molecule has 2 aliphatic carbocycles. The van der Waals surface area contributed by atoms with Crippen molar-refractivity contribution in [1.29, 1.82) is 0 Å². The molecule has 2 saturated carbocycles. The van der Waals surface area contributed by atoms with Crippen LogP contribution in [0.15, 0.2) is 0 Å². The third-order valence-corrected chi connectivity index (χ3v) is 3.86. The number of hydrogen-bond donors (Lipinski definition) is 0. The Balaban J connectivity index is 2.34. The Morgan fingerprint density at radius 1 is 0.944 bits per heavy atom. The van der Waals surface area contributed by atoms with Gasteiger partial charge >= 0.3 is 11.9 Å². The number of methoxy groups -OCH3 is 2. The molecular weight excluding hydrogens is 240 g/mol. The number of esters is 2. The van der Waals surface area contributed by atoms with Crippen LogP contribution < -0.4 is 0 Å². The quantitative estimate of drug-likeness (QED) is 0.498. The summed E-state index contributed by atoms with van der Waals surface area (Å²) in [5.74, 6) is -4.68. The van der Waals surface area contributed by atoms with Gasteiger partial charge in [-0.2, -0.15) is 0 Å². The second-order valence-electron chi connectivity index (χ2n) is 4.68. The average molecular weight is 254 g/mol. The van der Waals surface area contributed by atoms with E-state index in [1.807, 2.05) is 0 Å². The van der Waals surface area contributed by atoms with Crippen LogP contribution in [0, 0.1) is 23.7 Å². The van der Waals surface area contributed by atoms with E-state index in [9.17, 15) is 19.2 Å². The molecule has 2 aliphatic rings. The fraction of sp³-hybridized carbons (Fsp3) is 0.667. The van der Waals surface area contributed by atoms with Gasteiger partial charge in [-0.25, -0.2) is 0 Å². The zero-order valence-corrected chi connectivity index (χ0v) is 10.2. The van der Waals surface area contributed by atoms with Crippen molar-refractivity contribution in [3.05, 3.63) is 0 Å². The van der Waals surface area contributed by atoms with Gasteiger partial charge in [-0.15, -0.1) is 0 Å². The van der Waals surface area contributed by atoms with Gasteiger partial charge < -0.3 is 9.47 Å². The van der Waals surface area contributed by atoms with Gasteiger partial charge in [0.15, 0.2) is 5.78 Å². The van der Waals surface area contributed by atoms with E-state index in [1.165, 1.54) is 14.2 Å². The largest absolute Gasteiger partial charge is 0.468 e. The minimum atomic E-state index is -1.00. The molecule has 0 saturated heterocycles. The zero-order valence-electron chi connectivity index (χ0n) is 10.2. The van der Waals surface area contributed by atoms with Crippen molar-refractivity contribution >= 4 is 23.5 Å². The minimum Gasteiger partial charge on any atom is -0.468 e. The standard InChI is InChI=1S/C12H14O6/c1-17-11(15)8-6-3-5(13)4-7(6)9(10(8)14)12(16)18-2/h6-9H,3-4H2,1-2H3. The Morgan fingerprint density at radius 3 is 1.67 bits per heavy atom. The average Bonchev–Trinajstić information content (AvgIpc) is 2.81. The molecule has 6 nitrogen and oxygen atoms in total. The van der Waals surface area contributed by atoms with E-state index < -0.39 is 41.4 Å². The SMILES string of the molecule is COC(=O)C1C(=O)C(C(=O)OC)C2CC(=O)CC12. The lowest BCUT2D eigenvalue weighted by molar-refractivity contribution is -0.153. The van der Waals surface area contributed by atoms with Gasteiger partial charge in [0.25, 0.3) is 0 Å². The van der Waals surface area contributed by atoms with Crippen LogP contribution in [-0.2, 0) is 28.7 Å². The molecule has 18 heavy (non-hydrogen) atoms. The maximum absolute atomic E-state index is 12.1. The number of ketones is 2. The Labute approximate surface area is 104 Å². The maximum atomic E-state index is 12.1. The monoisotopic (exact) mass is 254 g/mol. The molecule has 98 valence electrons. The lowest BCUT2D eigenvalue weighted by Crippen LogP contribution is -2.31. The summed E-state index contributed by atoms with van der Waals surface area (Å²) >= 11 is 0. The molecule has 2 fully saturated rings. The first-order chi connectivity index (χ1) is 8.51. The van der Waals surface area contributed by atoms with Gasteiger partial charge in [-0.05, 0) is 11.8 Å². The molecule has 0 aromatic rings. The molecule has 0 aliphatic heterocycles. The van der Waals surface area contributed by atoms with Crippen molar-refractivity contribution in [2.75, 3.05) is 14.2 Å². The van der Waals surface area contributed by atoms with E-state index in [4.69, 9.17) is 0 Å². The van der Waals surface area contributed by atoms with Crippen LogP contribution in [0.2, 0.25) is 0 Å². The predicted octanol–water partition coefficient (Wildman–Crippen LogP) is -0.257. The highest BCUT2D eigenvalue weighted by Crippen LogP contribution is 2.48. The molecule has 6 heteroatoms. The third kappa shape index (κ3) is 1.72. The number of carbonyl (C=O) groups is 4. The molecule has 0 amide bonds. The lowest BCUT2D eigenvalue weighted by Gasteiger charge is -2.13. The number of ether oxygens (including phenoxy) is 2. The highest BCUT2D eigenvalue weighted by Gasteiger charge is 2.59. The van der Waals surface area contributed by atoms with Crippen molar-refractivity contribution in [2.24, 2.45) is 23.7 Å². The van der Waals surface area contributed by atoms with Crippen molar-refractivity contribution in [1.82, 2.24) is 0 Å².